The number of rotatable bonds is 3. The summed E-state index contributed by atoms with van der Waals surface area (Å²) in [6.07, 6.45) is 7.16. The fourth-order valence-corrected chi connectivity index (χ4v) is 2.86. The highest BCUT2D eigenvalue weighted by Crippen LogP contribution is 2.34. The number of hydrogen-bond acceptors (Lipinski definition) is 2. The third-order valence-electron chi connectivity index (χ3n) is 3.88. The van der Waals surface area contributed by atoms with Gasteiger partial charge in [-0.2, -0.15) is 0 Å². The Morgan fingerprint density at radius 3 is 2.15 bits per heavy atom. The molecule has 2 nitrogen and oxygen atoms in total. The lowest BCUT2D eigenvalue weighted by molar-refractivity contribution is 0.158. The molecule has 2 rings (SSSR count). The normalized spacial score (nSPS) is 28.4. The number of piperidine rings is 1. The highest BCUT2D eigenvalue weighted by atomic mass is 14.9. The van der Waals surface area contributed by atoms with Gasteiger partial charge in [0.15, 0.2) is 0 Å². The van der Waals surface area contributed by atoms with Gasteiger partial charge in [0.25, 0.3) is 0 Å². The van der Waals surface area contributed by atoms with Crippen LogP contribution in [-0.4, -0.2) is 26.2 Å². The van der Waals surface area contributed by atoms with E-state index in [1.54, 1.807) is 0 Å². The van der Waals surface area contributed by atoms with Crippen molar-refractivity contribution in [3.05, 3.63) is 0 Å². The van der Waals surface area contributed by atoms with Crippen LogP contribution in [0.15, 0.2) is 0 Å². The Labute approximate surface area is 81.5 Å². The lowest BCUT2D eigenvalue weighted by Crippen LogP contribution is -2.46. The summed E-state index contributed by atoms with van der Waals surface area (Å²) in [5.41, 5.74) is 0. The van der Waals surface area contributed by atoms with E-state index in [0.29, 0.717) is 0 Å². The Bertz CT molecular complexity index is 148. The van der Waals surface area contributed by atoms with Crippen LogP contribution in [0.2, 0.25) is 0 Å². The minimum atomic E-state index is 0.816. The molecule has 76 valence electrons. The van der Waals surface area contributed by atoms with Crippen LogP contribution >= 0.6 is 0 Å². The SMILES string of the molecule is CNC(C1CCC1)C1CCNCC1. The number of hydrogen-bond donors (Lipinski definition) is 2. The maximum Gasteiger partial charge on any atom is 0.0121 e. The van der Waals surface area contributed by atoms with Crippen LogP contribution in [0.5, 0.6) is 0 Å². The summed E-state index contributed by atoms with van der Waals surface area (Å²) in [6, 6.07) is 0.816. The molecule has 13 heavy (non-hydrogen) atoms. The van der Waals surface area contributed by atoms with Gasteiger partial charge in [-0.15, -0.1) is 0 Å². The first-order valence-electron chi connectivity index (χ1n) is 5.80. The highest BCUT2D eigenvalue weighted by Gasteiger charge is 2.32. The van der Waals surface area contributed by atoms with Crippen molar-refractivity contribution in [3.63, 3.8) is 0 Å². The molecule has 0 radical (unpaired) electrons. The van der Waals surface area contributed by atoms with E-state index in [0.717, 1.165) is 17.9 Å². The molecular formula is C11H22N2. The van der Waals surface area contributed by atoms with Crippen LogP contribution < -0.4 is 10.6 Å². The van der Waals surface area contributed by atoms with Crippen molar-refractivity contribution in [3.8, 4) is 0 Å². The van der Waals surface area contributed by atoms with Crippen molar-refractivity contribution in [1.29, 1.82) is 0 Å². The van der Waals surface area contributed by atoms with Gasteiger partial charge < -0.3 is 10.6 Å². The Kier molecular flexibility index (Phi) is 3.23. The molecule has 1 aliphatic heterocycles. The molecule has 0 amide bonds. The Morgan fingerprint density at radius 1 is 1.08 bits per heavy atom. The molecule has 2 fully saturated rings. The molecule has 2 heteroatoms. The van der Waals surface area contributed by atoms with Crippen molar-refractivity contribution in [1.82, 2.24) is 10.6 Å². The Hall–Kier alpha value is -0.0800. The van der Waals surface area contributed by atoms with Gasteiger partial charge in [-0.05, 0) is 57.7 Å². The zero-order chi connectivity index (χ0) is 9.10. The molecule has 2 N–H and O–H groups in total. The first-order chi connectivity index (χ1) is 6.42. The second kappa shape index (κ2) is 4.43. The smallest absolute Gasteiger partial charge is 0.0121 e. The first kappa shape index (κ1) is 9.47. The molecule has 2 aliphatic rings. The summed E-state index contributed by atoms with van der Waals surface area (Å²) in [4.78, 5) is 0. The largest absolute Gasteiger partial charge is 0.317 e. The van der Waals surface area contributed by atoms with Gasteiger partial charge in [0, 0.05) is 6.04 Å². The molecule has 0 aromatic heterocycles. The molecular weight excluding hydrogens is 160 g/mol. The molecule has 1 saturated carbocycles. The number of nitrogens with one attached hydrogen (secondary N) is 2. The van der Waals surface area contributed by atoms with Crippen LogP contribution in [-0.2, 0) is 0 Å². The molecule has 0 spiro atoms. The lowest BCUT2D eigenvalue weighted by Gasteiger charge is -2.40. The third kappa shape index (κ3) is 2.05. The van der Waals surface area contributed by atoms with Crippen LogP contribution in [0.25, 0.3) is 0 Å². The van der Waals surface area contributed by atoms with Gasteiger partial charge in [0.1, 0.15) is 0 Å². The minimum Gasteiger partial charge on any atom is -0.317 e. The van der Waals surface area contributed by atoms with E-state index in [1.807, 2.05) is 0 Å². The lowest BCUT2D eigenvalue weighted by atomic mass is 9.73. The second-order valence-electron chi connectivity index (χ2n) is 4.59. The van der Waals surface area contributed by atoms with E-state index in [9.17, 15) is 0 Å². The zero-order valence-corrected chi connectivity index (χ0v) is 8.68. The van der Waals surface area contributed by atoms with E-state index < -0.39 is 0 Å². The van der Waals surface area contributed by atoms with E-state index >= 15 is 0 Å². The molecule has 0 aromatic carbocycles. The average molecular weight is 182 g/mol. The Balaban J connectivity index is 1.86. The van der Waals surface area contributed by atoms with E-state index in [4.69, 9.17) is 0 Å². The van der Waals surface area contributed by atoms with Gasteiger partial charge >= 0.3 is 0 Å². The summed E-state index contributed by atoms with van der Waals surface area (Å²) in [5.74, 6) is 1.93. The standard InChI is InChI=1S/C11H22N2/c1-12-11(9-3-2-4-9)10-5-7-13-8-6-10/h9-13H,2-8H2,1H3. The fourth-order valence-electron chi connectivity index (χ4n) is 2.86. The first-order valence-corrected chi connectivity index (χ1v) is 5.80. The average Bonchev–Trinajstić information content (AvgIpc) is 2.12. The van der Waals surface area contributed by atoms with Crippen LogP contribution in [0, 0.1) is 11.8 Å². The van der Waals surface area contributed by atoms with Crippen molar-refractivity contribution < 1.29 is 0 Å². The summed E-state index contributed by atoms with van der Waals surface area (Å²) >= 11 is 0. The summed E-state index contributed by atoms with van der Waals surface area (Å²) < 4.78 is 0. The molecule has 1 saturated heterocycles. The Morgan fingerprint density at radius 2 is 1.69 bits per heavy atom. The fraction of sp³-hybridized carbons (Fsp3) is 1.00. The maximum absolute atomic E-state index is 3.55. The monoisotopic (exact) mass is 182 g/mol. The molecule has 0 bridgehead atoms. The predicted molar refractivity (Wildman–Crippen MR) is 55.8 cm³/mol. The van der Waals surface area contributed by atoms with Gasteiger partial charge in [-0.1, -0.05) is 6.42 Å². The van der Waals surface area contributed by atoms with E-state index in [1.165, 1.54) is 45.2 Å². The second-order valence-corrected chi connectivity index (χ2v) is 4.59. The zero-order valence-electron chi connectivity index (χ0n) is 8.68. The van der Waals surface area contributed by atoms with Crippen LogP contribution in [0.4, 0.5) is 0 Å². The molecule has 0 aromatic rings. The molecule has 1 unspecified atom stereocenters. The van der Waals surface area contributed by atoms with E-state index in [-0.39, 0.29) is 0 Å². The topological polar surface area (TPSA) is 24.1 Å². The van der Waals surface area contributed by atoms with Gasteiger partial charge in [0.05, 0.1) is 0 Å². The minimum absolute atomic E-state index is 0.816. The van der Waals surface area contributed by atoms with Crippen molar-refractivity contribution in [2.24, 2.45) is 11.8 Å². The van der Waals surface area contributed by atoms with Crippen molar-refractivity contribution in [2.45, 2.75) is 38.1 Å². The van der Waals surface area contributed by atoms with Crippen molar-refractivity contribution >= 4 is 0 Å². The van der Waals surface area contributed by atoms with Gasteiger partial charge in [0.2, 0.25) is 0 Å². The molecule has 1 aliphatic carbocycles. The third-order valence-corrected chi connectivity index (χ3v) is 3.88. The summed E-state index contributed by atoms with van der Waals surface area (Å²) in [7, 11) is 2.14. The summed E-state index contributed by atoms with van der Waals surface area (Å²) in [5, 5.41) is 6.99. The maximum atomic E-state index is 3.55. The van der Waals surface area contributed by atoms with Gasteiger partial charge in [-0.3, -0.25) is 0 Å². The van der Waals surface area contributed by atoms with Crippen LogP contribution in [0.1, 0.15) is 32.1 Å². The van der Waals surface area contributed by atoms with Crippen LogP contribution in [0.3, 0.4) is 0 Å². The van der Waals surface area contributed by atoms with Gasteiger partial charge in [-0.25, -0.2) is 0 Å². The van der Waals surface area contributed by atoms with Crippen molar-refractivity contribution in [2.75, 3.05) is 20.1 Å². The highest BCUT2D eigenvalue weighted by molar-refractivity contribution is 4.88. The molecule has 1 heterocycles. The summed E-state index contributed by atoms with van der Waals surface area (Å²) in [6.45, 7) is 2.46. The molecule has 1 atom stereocenters. The predicted octanol–water partition coefficient (Wildman–Crippen LogP) is 1.37. The van der Waals surface area contributed by atoms with E-state index in [2.05, 4.69) is 17.7 Å². The quantitative estimate of drug-likeness (QED) is 0.689.